The van der Waals surface area contributed by atoms with Gasteiger partial charge in [-0.15, -0.1) is 0 Å². The highest BCUT2D eigenvalue weighted by molar-refractivity contribution is 9.10. The number of carbonyl (C=O) groups is 1. The lowest BCUT2D eigenvalue weighted by Gasteiger charge is -2.25. The topological polar surface area (TPSA) is 88.4 Å². The van der Waals surface area contributed by atoms with Crippen molar-refractivity contribution >= 4 is 39.3 Å². The summed E-state index contributed by atoms with van der Waals surface area (Å²) in [6, 6.07) is 10.2. The Morgan fingerprint density at radius 2 is 1.81 bits per heavy atom. The molecule has 0 unspecified atom stereocenters. The molecule has 3 aromatic rings. The zero-order chi connectivity index (χ0) is 26.7. The van der Waals surface area contributed by atoms with Crippen LogP contribution in [0.3, 0.4) is 0 Å². The van der Waals surface area contributed by atoms with Crippen molar-refractivity contribution in [3.63, 3.8) is 0 Å². The SMILES string of the molecule is CCOC(=O)C1=C(C)N=c2sc(=Cc3cc(Br)ccc3OC)c(=O)n2[C@@H]1c1ccc(OC)c(OCC)c1. The molecule has 1 aliphatic rings. The molecular weight excluding hydrogens is 560 g/mol. The molecule has 2 aromatic carbocycles. The first kappa shape index (κ1) is 26.7. The number of fused-ring (bicyclic) bond motifs is 1. The molecule has 0 aliphatic carbocycles. The van der Waals surface area contributed by atoms with Gasteiger partial charge in [-0.3, -0.25) is 9.36 Å². The summed E-state index contributed by atoms with van der Waals surface area (Å²) >= 11 is 4.73. The van der Waals surface area contributed by atoms with Gasteiger partial charge in [0.2, 0.25) is 0 Å². The number of methoxy groups -OCH3 is 2. The largest absolute Gasteiger partial charge is 0.496 e. The Balaban J connectivity index is 1.98. The predicted molar refractivity (Wildman–Crippen MR) is 145 cm³/mol. The van der Waals surface area contributed by atoms with Crippen molar-refractivity contribution in [2.45, 2.75) is 26.8 Å². The number of halogens is 1. The lowest BCUT2D eigenvalue weighted by atomic mass is 9.95. The maximum Gasteiger partial charge on any atom is 0.338 e. The molecule has 0 amide bonds. The molecule has 194 valence electrons. The summed E-state index contributed by atoms with van der Waals surface area (Å²) in [4.78, 5) is 32.1. The molecule has 1 aromatic heterocycles. The number of ether oxygens (including phenoxy) is 4. The number of carbonyl (C=O) groups excluding carboxylic acids is 1. The number of nitrogens with zero attached hydrogens (tertiary/aromatic N) is 2. The first-order valence-electron chi connectivity index (χ1n) is 11.7. The summed E-state index contributed by atoms with van der Waals surface area (Å²) in [6.07, 6.45) is 1.77. The molecule has 0 saturated heterocycles. The van der Waals surface area contributed by atoms with Crippen molar-refractivity contribution in [1.82, 2.24) is 4.57 Å². The molecule has 1 atom stereocenters. The number of thiazole rings is 1. The van der Waals surface area contributed by atoms with Gasteiger partial charge in [-0.25, -0.2) is 9.79 Å². The minimum atomic E-state index is -0.757. The van der Waals surface area contributed by atoms with Crippen LogP contribution in [0.4, 0.5) is 0 Å². The second kappa shape index (κ2) is 11.4. The van der Waals surface area contributed by atoms with Crippen molar-refractivity contribution in [3.05, 3.63) is 83.0 Å². The Morgan fingerprint density at radius 1 is 1.08 bits per heavy atom. The van der Waals surface area contributed by atoms with E-state index in [9.17, 15) is 9.59 Å². The van der Waals surface area contributed by atoms with Gasteiger partial charge in [0.15, 0.2) is 16.3 Å². The van der Waals surface area contributed by atoms with E-state index in [4.69, 9.17) is 18.9 Å². The average molecular weight is 587 g/mol. The Morgan fingerprint density at radius 3 is 2.49 bits per heavy atom. The van der Waals surface area contributed by atoms with Crippen LogP contribution < -0.4 is 29.1 Å². The second-order valence-corrected chi connectivity index (χ2v) is 9.96. The van der Waals surface area contributed by atoms with Gasteiger partial charge < -0.3 is 18.9 Å². The van der Waals surface area contributed by atoms with Gasteiger partial charge in [0, 0.05) is 10.0 Å². The van der Waals surface area contributed by atoms with Gasteiger partial charge in [-0.05, 0) is 62.7 Å². The van der Waals surface area contributed by atoms with Crippen molar-refractivity contribution in [2.75, 3.05) is 27.4 Å². The van der Waals surface area contributed by atoms with Crippen LogP contribution in [0, 0.1) is 0 Å². The maximum absolute atomic E-state index is 13.9. The van der Waals surface area contributed by atoms with E-state index in [0.717, 1.165) is 10.0 Å². The number of allylic oxidation sites excluding steroid dienone is 1. The zero-order valence-electron chi connectivity index (χ0n) is 21.2. The van der Waals surface area contributed by atoms with Gasteiger partial charge >= 0.3 is 5.97 Å². The molecular formula is C27H27BrN2O6S. The molecule has 8 nitrogen and oxygen atoms in total. The smallest absolute Gasteiger partial charge is 0.338 e. The minimum absolute atomic E-state index is 0.197. The fourth-order valence-corrected chi connectivity index (χ4v) is 5.61. The fraction of sp³-hybridized carbons (Fsp3) is 0.296. The van der Waals surface area contributed by atoms with Crippen LogP contribution in [0.5, 0.6) is 17.2 Å². The zero-order valence-corrected chi connectivity index (χ0v) is 23.6. The lowest BCUT2D eigenvalue weighted by Crippen LogP contribution is -2.40. The van der Waals surface area contributed by atoms with E-state index in [2.05, 4.69) is 20.9 Å². The van der Waals surface area contributed by atoms with Crippen molar-refractivity contribution in [1.29, 1.82) is 0 Å². The van der Waals surface area contributed by atoms with Crippen LogP contribution in [0.1, 0.15) is 37.9 Å². The number of hydrogen-bond donors (Lipinski definition) is 0. The highest BCUT2D eigenvalue weighted by Crippen LogP contribution is 2.36. The predicted octanol–water partition coefficient (Wildman–Crippen LogP) is 3.98. The molecule has 4 rings (SSSR count). The van der Waals surface area contributed by atoms with Crippen LogP contribution in [0.15, 0.2) is 61.9 Å². The highest BCUT2D eigenvalue weighted by atomic mass is 79.9. The monoisotopic (exact) mass is 586 g/mol. The Bertz CT molecular complexity index is 1560. The normalized spacial score (nSPS) is 15.2. The third kappa shape index (κ3) is 5.21. The number of esters is 1. The summed E-state index contributed by atoms with van der Waals surface area (Å²) in [5, 5.41) is 0. The first-order valence-corrected chi connectivity index (χ1v) is 13.3. The van der Waals surface area contributed by atoms with Crippen LogP contribution in [-0.2, 0) is 9.53 Å². The highest BCUT2D eigenvalue weighted by Gasteiger charge is 2.34. The van der Waals surface area contributed by atoms with Gasteiger partial charge in [0.25, 0.3) is 5.56 Å². The van der Waals surface area contributed by atoms with Gasteiger partial charge in [0.1, 0.15) is 5.75 Å². The minimum Gasteiger partial charge on any atom is -0.496 e. The Labute approximate surface area is 226 Å². The van der Waals surface area contributed by atoms with E-state index < -0.39 is 12.0 Å². The molecule has 0 spiro atoms. The van der Waals surface area contributed by atoms with Gasteiger partial charge in [-0.2, -0.15) is 0 Å². The standard InChI is InChI=1S/C27H27BrN2O6S/c1-6-35-21-13-16(8-10-20(21)34-5)24-23(26(32)36-7-2)15(3)29-27-30(24)25(31)22(37-27)14-17-12-18(28)9-11-19(17)33-4/h8-14,24H,6-7H2,1-5H3/t24-/m1/s1. The summed E-state index contributed by atoms with van der Waals surface area (Å²) < 4.78 is 24.9. The van der Waals surface area contributed by atoms with Gasteiger partial charge in [-0.1, -0.05) is 33.3 Å². The Kier molecular flexibility index (Phi) is 8.19. The summed E-state index contributed by atoms with van der Waals surface area (Å²) in [5.41, 5.74) is 1.93. The number of rotatable bonds is 8. The molecule has 0 bridgehead atoms. The molecule has 0 N–H and O–H groups in total. The quantitative estimate of drug-likeness (QED) is 0.371. The van der Waals surface area contributed by atoms with E-state index in [1.165, 1.54) is 15.9 Å². The van der Waals surface area contributed by atoms with Crippen LogP contribution in [0.2, 0.25) is 0 Å². The number of aromatic nitrogens is 1. The number of hydrogen-bond acceptors (Lipinski definition) is 8. The third-order valence-electron chi connectivity index (χ3n) is 5.80. The van der Waals surface area contributed by atoms with Crippen molar-refractivity contribution in [2.24, 2.45) is 4.99 Å². The molecule has 1 aliphatic heterocycles. The average Bonchev–Trinajstić information content (AvgIpc) is 3.17. The third-order valence-corrected chi connectivity index (χ3v) is 7.27. The van der Waals surface area contributed by atoms with E-state index >= 15 is 0 Å². The van der Waals surface area contributed by atoms with Crippen LogP contribution in [0.25, 0.3) is 6.08 Å². The molecule has 37 heavy (non-hydrogen) atoms. The first-order chi connectivity index (χ1) is 17.8. The lowest BCUT2D eigenvalue weighted by molar-refractivity contribution is -0.139. The summed E-state index contributed by atoms with van der Waals surface area (Å²) in [5.74, 6) is 1.18. The van der Waals surface area contributed by atoms with Gasteiger partial charge in [0.05, 0.1) is 49.3 Å². The summed E-state index contributed by atoms with van der Waals surface area (Å²) in [7, 11) is 3.14. The summed E-state index contributed by atoms with van der Waals surface area (Å²) in [6.45, 7) is 5.99. The van der Waals surface area contributed by atoms with E-state index in [-0.39, 0.29) is 12.2 Å². The van der Waals surface area contributed by atoms with Crippen LogP contribution >= 0.6 is 27.3 Å². The van der Waals surface area contributed by atoms with E-state index in [1.807, 2.05) is 31.2 Å². The molecule has 0 fully saturated rings. The number of benzene rings is 2. The van der Waals surface area contributed by atoms with Crippen LogP contribution in [-0.4, -0.2) is 38.0 Å². The Hall–Kier alpha value is -3.37. The van der Waals surface area contributed by atoms with E-state index in [0.29, 0.717) is 50.0 Å². The fourth-order valence-electron chi connectivity index (χ4n) is 4.20. The molecule has 0 radical (unpaired) electrons. The second-order valence-electron chi connectivity index (χ2n) is 8.03. The van der Waals surface area contributed by atoms with Crippen molar-refractivity contribution < 1.29 is 23.7 Å². The maximum atomic E-state index is 13.9. The van der Waals surface area contributed by atoms with Crippen molar-refractivity contribution in [3.8, 4) is 17.2 Å². The molecule has 0 saturated carbocycles. The molecule has 10 heteroatoms. The van der Waals surface area contributed by atoms with E-state index in [1.54, 1.807) is 46.3 Å². The molecule has 2 heterocycles.